The van der Waals surface area contributed by atoms with E-state index < -0.39 is 0 Å². The minimum atomic E-state index is 0.634. The Kier molecular flexibility index (Phi) is 6.69. The van der Waals surface area contributed by atoms with E-state index in [9.17, 15) is 0 Å². The minimum absolute atomic E-state index is 0.634. The molecule has 1 saturated heterocycles. The van der Waals surface area contributed by atoms with Gasteiger partial charge in [-0.3, -0.25) is 0 Å². The SMILES string of the molecule is CSCC(C)NC(C)CC1CCOCC1. The monoisotopic (exact) mass is 231 g/mol. The van der Waals surface area contributed by atoms with Gasteiger partial charge in [-0.05, 0) is 45.3 Å². The standard InChI is InChI=1S/C12H25NOS/c1-10(13-11(2)9-15-3)8-12-4-6-14-7-5-12/h10-13H,4-9H2,1-3H3. The van der Waals surface area contributed by atoms with Crippen molar-refractivity contribution in [1.82, 2.24) is 5.32 Å². The summed E-state index contributed by atoms with van der Waals surface area (Å²) in [5, 5.41) is 3.67. The van der Waals surface area contributed by atoms with E-state index in [1.165, 1.54) is 25.0 Å². The molecule has 1 fully saturated rings. The number of thioether (sulfide) groups is 1. The van der Waals surface area contributed by atoms with Gasteiger partial charge in [-0.25, -0.2) is 0 Å². The third kappa shape index (κ3) is 5.79. The van der Waals surface area contributed by atoms with Crippen molar-refractivity contribution in [3.8, 4) is 0 Å². The third-order valence-electron chi connectivity index (χ3n) is 3.01. The van der Waals surface area contributed by atoms with Gasteiger partial charge in [0, 0.05) is 31.1 Å². The van der Waals surface area contributed by atoms with E-state index in [0.717, 1.165) is 19.1 Å². The van der Waals surface area contributed by atoms with Crippen LogP contribution < -0.4 is 5.32 Å². The number of nitrogens with one attached hydrogen (secondary N) is 1. The molecular weight excluding hydrogens is 206 g/mol. The first-order valence-electron chi connectivity index (χ1n) is 6.05. The van der Waals surface area contributed by atoms with E-state index in [-0.39, 0.29) is 0 Å². The third-order valence-corrected chi connectivity index (χ3v) is 3.85. The molecule has 15 heavy (non-hydrogen) atoms. The van der Waals surface area contributed by atoms with Crippen LogP contribution in [-0.4, -0.2) is 37.3 Å². The maximum absolute atomic E-state index is 5.38. The van der Waals surface area contributed by atoms with Gasteiger partial charge in [0.05, 0.1) is 0 Å². The Balaban J connectivity index is 2.13. The van der Waals surface area contributed by atoms with Gasteiger partial charge in [-0.15, -0.1) is 0 Å². The fraction of sp³-hybridized carbons (Fsp3) is 1.00. The van der Waals surface area contributed by atoms with E-state index >= 15 is 0 Å². The first-order valence-corrected chi connectivity index (χ1v) is 7.44. The van der Waals surface area contributed by atoms with Crippen LogP contribution in [0.3, 0.4) is 0 Å². The quantitative estimate of drug-likeness (QED) is 0.759. The molecule has 0 aromatic heterocycles. The zero-order valence-electron chi connectivity index (χ0n) is 10.3. The molecule has 1 rings (SSSR count). The van der Waals surface area contributed by atoms with Gasteiger partial charge < -0.3 is 10.1 Å². The Morgan fingerprint density at radius 2 is 1.93 bits per heavy atom. The summed E-state index contributed by atoms with van der Waals surface area (Å²) in [4.78, 5) is 0. The summed E-state index contributed by atoms with van der Waals surface area (Å²) in [6.45, 7) is 6.53. The van der Waals surface area contributed by atoms with E-state index in [4.69, 9.17) is 4.74 Å². The molecule has 0 saturated carbocycles. The van der Waals surface area contributed by atoms with Crippen molar-refractivity contribution in [3.63, 3.8) is 0 Å². The van der Waals surface area contributed by atoms with Crippen molar-refractivity contribution in [2.45, 2.75) is 45.2 Å². The Morgan fingerprint density at radius 1 is 1.27 bits per heavy atom. The largest absolute Gasteiger partial charge is 0.381 e. The van der Waals surface area contributed by atoms with Crippen molar-refractivity contribution in [1.29, 1.82) is 0 Å². The number of rotatable bonds is 6. The molecule has 0 aromatic rings. The van der Waals surface area contributed by atoms with Crippen molar-refractivity contribution in [3.05, 3.63) is 0 Å². The van der Waals surface area contributed by atoms with E-state index in [0.29, 0.717) is 12.1 Å². The zero-order chi connectivity index (χ0) is 11.1. The maximum atomic E-state index is 5.38. The summed E-state index contributed by atoms with van der Waals surface area (Å²) in [6.07, 6.45) is 5.98. The van der Waals surface area contributed by atoms with Crippen LogP contribution in [0, 0.1) is 5.92 Å². The van der Waals surface area contributed by atoms with Gasteiger partial charge in [0.15, 0.2) is 0 Å². The van der Waals surface area contributed by atoms with Crippen LogP contribution in [0.25, 0.3) is 0 Å². The van der Waals surface area contributed by atoms with E-state index in [2.05, 4.69) is 25.4 Å². The molecule has 90 valence electrons. The van der Waals surface area contributed by atoms with Crippen LogP contribution in [0.1, 0.15) is 33.1 Å². The Hall–Kier alpha value is 0.270. The van der Waals surface area contributed by atoms with E-state index in [1.807, 2.05) is 11.8 Å². The summed E-state index contributed by atoms with van der Waals surface area (Å²) in [6, 6.07) is 1.28. The van der Waals surface area contributed by atoms with Crippen LogP contribution in [0.2, 0.25) is 0 Å². The zero-order valence-corrected chi connectivity index (χ0v) is 11.1. The topological polar surface area (TPSA) is 21.3 Å². The molecule has 0 spiro atoms. The smallest absolute Gasteiger partial charge is 0.0468 e. The van der Waals surface area contributed by atoms with Crippen LogP contribution >= 0.6 is 11.8 Å². The highest BCUT2D eigenvalue weighted by Gasteiger charge is 2.17. The molecule has 1 aliphatic heterocycles. The highest BCUT2D eigenvalue weighted by Crippen LogP contribution is 2.20. The lowest BCUT2D eigenvalue weighted by molar-refractivity contribution is 0.0609. The van der Waals surface area contributed by atoms with E-state index in [1.54, 1.807) is 0 Å². The molecule has 0 aliphatic carbocycles. The molecule has 0 radical (unpaired) electrons. The molecule has 0 amide bonds. The van der Waals surface area contributed by atoms with Crippen molar-refractivity contribution in [2.24, 2.45) is 5.92 Å². The Morgan fingerprint density at radius 3 is 2.53 bits per heavy atom. The van der Waals surface area contributed by atoms with Crippen molar-refractivity contribution in [2.75, 3.05) is 25.2 Å². The summed E-state index contributed by atoms with van der Waals surface area (Å²) in [5.41, 5.74) is 0. The predicted molar refractivity (Wildman–Crippen MR) is 68.6 cm³/mol. The predicted octanol–water partition coefficient (Wildman–Crippen LogP) is 2.53. The Labute approximate surface area is 98.5 Å². The second-order valence-corrected chi connectivity index (χ2v) is 5.63. The number of hydrogen-bond donors (Lipinski definition) is 1. The molecule has 1 aliphatic rings. The fourth-order valence-electron chi connectivity index (χ4n) is 2.33. The van der Waals surface area contributed by atoms with Crippen molar-refractivity contribution < 1.29 is 4.74 Å². The maximum Gasteiger partial charge on any atom is 0.0468 e. The van der Waals surface area contributed by atoms with Gasteiger partial charge in [-0.2, -0.15) is 11.8 Å². The lowest BCUT2D eigenvalue weighted by Crippen LogP contribution is -2.37. The highest BCUT2D eigenvalue weighted by atomic mass is 32.2. The van der Waals surface area contributed by atoms with Crippen LogP contribution in [-0.2, 0) is 4.74 Å². The van der Waals surface area contributed by atoms with Crippen LogP contribution in [0.5, 0.6) is 0 Å². The molecule has 0 bridgehead atoms. The average molecular weight is 231 g/mol. The summed E-state index contributed by atoms with van der Waals surface area (Å²) in [7, 11) is 0. The Bertz CT molecular complexity index is 160. The molecule has 2 unspecified atom stereocenters. The molecule has 0 aromatic carbocycles. The molecule has 1 heterocycles. The lowest BCUT2D eigenvalue weighted by Gasteiger charge is -2.27. The summed E-state index contributed by atoms with van der Waals surface area (Å²) in [5.74, 6) is 2.08. The van der Waals surface area contributed by atoms with Gasteiger partial charge in [0.25, 0.3) is 0 Å². The van der Waals surface area contributed by atoms with Gasteiger partial charge >= 0.3 is 0 Å². The van der Waals surface area contributed by atoms with Gasteiger partial charge in [0.1, 0.15) is 0 Å². The lowest BCUT2D eigenvalue weighted by atomic mass is 9.93. The molecule has 1 N–H and O–H groups in total. The molecule has 3 heteroatoms. The second-order valence-electron chi connectivity index (χ2n) is 4.72. The minimum Gasteiger partial charge on any atom is -0.381 e. The van der Waals surface area contributed by atoms with Gasteiger partial charge in [0.2, 0.25) is 0 Å². The number of ether oxygens (including phenoxy) is 1. The second kappa shape index (κ2) is 7.53. The average Bonchev–Trinajstić information content (AvgIpc) is 2.19. The summed E-state index contributed by atoms with van der Waals surface area (Å²) < 4.78 is 5.38. The van der Waals surface area contributed by atoms with Crippen LogP contribution in [0.15, 0.2) is 0 Å². The van der Waals surface area contributed by atoms with Crippen molar-refractivity contribution >= 4 is 11.8 Å². The van der Waals surface area contributed by atoms with Gasteiger partial charge in [-0.1, -0.05) is 0 Å². The van der Waals surface area contributed by atoms with Crippen LogP contribution in [0.4, 0.5) is 0 Å². The first kappa shape index (κ1) is 13.3. The molecular formula is C12H25NOS. The first-order chi connectivity index (χ1) is 7.22. The summed E-state index contributed by atoms with van der Waals surface area (Å²) >= 11 is 1.92. The normalized spacial score (nSPS) is 22.6. The number of hydrogen-bond acceptors (Lipinski definition) is 3. The molecule has 2 atom stereocenters. The molecule has 2 nitrogen and oxygen atoms in total. The highest BCUT2D eigenvalue weighted by molar-refractivity contribution is 7.98. The fourth-order valence-corrected chi connectivity index (χ4v) is 2.93.